The smallest absolute Gasteiger partial charge is 0.233 e. The van der Waals surface area contributed by atoms with E-state index in [0.717, 1.165) is 17.5 Å². The van der Waals surface area contributed by atoms with Crippen molar-refractivity contribution in [3.63, 3.8) is 0 Å². The van der Waals surface area contributed by atoms with Crippen LogP contribution in [-0.4, -0.2) is 20.7 Å². The summed E-state index contributed by atoms with van der Waals surface area (Å²) in [4.78, 5) is 0. The summed E-state index contributed by atoms with van der Waals surface area (Å²) in [5.74, 6) is -0.0511. The van der Waals surface area contributed by atoms with Gasteiger partial charge in [-0.1, -0.05) is 25.1 Å². The number of nitrogens with one attached hydrogen (secondary N) is 1. The quantitative estimate of drug-likeness (QED) is 0.816. The summed E-state index contributed by atoms with van der Waals surface area (Å²) >= 11 is 0. The van der Waals surface area contributed by atoms with Crippen LogP contribution in [0.25, 0.3) is 0 Å². The van der Waals surface area contributed by atoms with Crippen LogP contribution in [0.4, 0.5) is 5.69 Å². The Kier molecular flexibility index (Phi) is 4.32. The lowest BCUT2D eigenvalue weighted by molar-refractivity contribution is 0.601. The van der Waals surface area contributed by atoms with Gasteiger partial charge in [0.1, 0.15) is 0 Å². The maximum absolute atomic E-state index is 11.6. The number of hydrogen-bond acceptors (Lipinski definition) is 3. The normalized spacial score (nSPS) is 11.4. The van der Waals surface area contributed by atoms with Gasteiger partial charge >= 0.3 is 0 Å². The SMILES string of the molecule is CCc1cccc(C)c1NS(=O)(=O)CCN. The fourth-order valence-electron chi connectivity index (χ4n) is 1.53. The van der Waals surface area contributed by atoms with Crippen molar-refractivity contribution in [3.05, 3.63) is 29.3 Å². The molecular weight excluding hydrogens is 224 g/mol. The van der Waals surface area contributed by atoms with Gasteiger partial charge in [-0.2, -0.15) is 0 Å². The molecule has 3 N–H and O–H groups in total. The van der Waals surface area contributed by atoms with Gasteiger partial charge in [0.15, 0.2) is 0 Å². The maximum Gasteiger partial charge on any atom is 0.233 e. The Morgan fingerprint density at radius 2 is 2.06 bits per heavy atom. The summed E-state index contributed by atoms with van der Waals surface area (Å²) in [6, 6.07) is 5.74. The molecule has 90 valence electrons. The summed E-state index contributed by atoms with van der Waals surface area (Å²) in [5, 5.41) is 0. The molecule has 1 aromatic rings. The van der Waals surface area contributed by atoms with Crippen LogP contribution in [0.5, 0.6) is 0 Å². The van der Waals surface area contributed by atoms with Crippen molar-refractivity contribution in [1.29, 1.82) is 0 Å². The lowest BCUT2D eigenvalue weighted by Gasteiger charge is -2.13. The van der Waals surface area contributed by atoms with E-state index in [1.54, 1.807) is 0 Å². The van der Waals surface area contributed by atoms with E-state index in [9.17, 15) is 8.42 Å². The van der Waals surface area contributed by atoms with Crippen molar-refractivity contribution in [3.8, 4) is 0 Å². The highest BCUT2D eigenvalue weighted by molar-refractivity contribution is 7.92. The van der Waals surface area contributed by atoms with E-state index in [1.807, 2.05) is 32.0 Å². The highest BCUT2D eigenvalue weighted by atomic mass is 32.2. The molecule has 0 aromatic heterocycles. The van der Waals surface area contributed by atoms with E-state index in [2.05, 4.69) is 4.72 Å². The largest absolute Gasteiger partial charge is 0.329 e. The van der Waals surface area contributed by atoms with Gasteiger partial charge in [0.05, 0.1) is 11.4 Å². The van der Waals surface area contributed by atoms with Crippen LogP contribution in [0.15, 0.2) is 18.2 Å². The zero-order chi connectivity index (χ0) is 12.2. The topological polar surface area (TPSA) is 72.2 Å². The first-order valence-corrected chi connectivity index (χ1v) is 6.94. The van der Waals surface area contributed by atoms with Crippen molar-refractivity contribution in [2.75, 3.05) is 17.0 Å². The Hall–Kier alpha value is -1.07. The molecule has 16 heavy (non-hydrogen) atoms. The van der Waals surface area contributed by atoms with Crippen LogP contribution >= 0.6 is 0 Å². The number of rotatable bonds is 5. The number of benzene rings is 1. The van der Waals surface area contributed by atoms with E-state index in [-0.39, 0.29) is 12.3 Å². The number of sulfonamides is 1. The van der Waals surface area contributed by atoms with Crippen LogP contribution in [0, 0.1) is 6.92 Å². The molecule has 0 heterocycles. The van der Waals surface area contributed by atoms with Crippen LogP contribution in [0.3, 0.4) is 0 Å². The first kappa shape index (κ1) is 13.0. The van der Waals surface area contributed by atoms with E-state index in [0.29, 0.717) is 5.69 Å². The zero-order valence-electron chi connectivity index (χ0n) is 9.66. The molecule has 0 aliphatic rings. The maximum atomic E-state index is 11.6. The first-order valence-electron chi connectivity index (χ1n) is 5.29. The molecule has 4 nitrogen and oxygen atoms in total. The number of para-hydroxylation sites is 1. The summed E-state index contributed by atoms with van der Waals surface area (Å²) in [6.07, 6.45) is 0.794. The summed E-state index contributed by atoms with van der Waals surface area (Å²) in [5.41, 5.74) is 7.88. The van der Waals surface area contributed by atoms with Gasteiger partial charge in [0, 0.05) is 6.54 Å². The third kappa shape index (κ3) is 3.21. The van der Waals surface area contributed by atoms with E-state index < -0.39 is 10.0 Å². The Morgan fingerprint density at radius 1 is 1.38 bits per heavy atom. The average molecular weight is 242 g/mol. The predicted molar refractivity (Wildman–Crippen MR) is 67.0 cm³/mol. The lowest BCUT2D eigenvalue weighted by atomic mass is 10.1. The van der Waals surface area contributed by atoms with Gasteiger partial charge in [-0.05, 0) is 24.5 Å². The molecule has 1 aromatic carbocycles. The van der Waals surface area contributed by atoms with Crippen molar-refractivity contribution >= 4 is 15.7 Å². The summed E-state index contributed by atoms with van der Waals surface area (Å²) in [6.45, 7) is 4.01. The van der Waals surface area contributed by atoms with Crippen molar-refractivity contribution in [1.82, 2.24) is 0 Å². The molecule has 0 amide bonds. The second-order valence-electron chi connectivity index (χ2n) is 3.67. The third-order valence-electron chi connectivity index (χ3n) is 2.38. The predicted octanol–water partition coefficient (Wildman–Crippen LogP) is 1.26. The van der Waals surface area contributed by atoms with E-state index in [4.69, 9.17) is 5.73 Å². The van der Waals surface area contributed by atoms with Crippen molar-refractivity contribution in [2.45, 2.75) is 20.3 Å². The molecule has 0 atom stereocenters. The molecule has 1 rings (SSSR count). The van der Waals surface area contributed by atoms with Crippen molar-refractivity contribution in [2.24, 2.45) is 5.73 Å². The van der Waals surface area contributed by atoms with Gasteiger partial charge in [-0.25, -0.2) is 8.42 Å². The van der Waals surface area contributed by atoms with E-state index >= 15 is 0 Å². The Bertz CT molecular complexity index is 455. The number of anilines is 1. The molecule has 0 radical (unpaired) electrons. The fourth-order valence-corrected chi connectivity index (χ4v) is 2.55. The summed E-state index contributed by atoms with van der Waals surface area (Å²) in [7, 11) is -3.31. The van der Waals surface area contributed by atoms with Gasteiger partial charge < -0.3 is 5.73 Å². The molecule has 0 aliphatic heterocycles. The summed E-state index contributed by atoms with van der Waals surface area (Å²) < 4.78 is 25.9. The molecule has 0 fully saturated rings. The molecule has 5 heteroatoms. The minimum Gasteiger partial charge on any atom is -0.329 e. The van der Waals surface area contributed by atoms with Crippen LogP contribution in [0.2, 0.25) is 0 Å². The van der Waals surface area contributed by atoms with Gasteiger partial charge in [-0.15, -0.1) is 0 Å². The van der Waals surface area contributed by atoms with E-state index in [1.165, 1.54) is 0 Å². The monoisotopic (exact) mass is 242 g/mol. The minimum atomic E-state index is -3.31. The highest BCUT2D eigenvalue weighted by Crippen LogP contribution is 2.22. The van der Waals surface area contributed by atoms with Gasteiger partial charge in [0.2, 0.25) is 10.0 Å². The molecule has 0 saturated carbocycles. The second-order valence-corrected chi connectivity index (χ2v) is 5.51. The van der Waals surface area contributed by atoms with Gasteiger partial charge in [-0.3, -0.25) is 4.72 Å². The molecule has 0 bridgehead atoms. The standard InChI is InChI=1S/C11H18N2O2S/c1-3-10-6-4-5-9(2)11(10)13-16(14,15)8-7-12/h4-6,13H,3,7-8,12H2,1-2H3. The number of aryl methyl sites for hydroxylation is 2. The number of hydrogen-bond donors (Lipinski definition) is 2. The first-order chi connectivity index (χ1) is 7.50. The highest BCUT2D eigenvalue weighted by Gasteiger charge is 2.12. The Labute approximate surface area is 96.9 Å². The fraction of sp³-hybridized carbons (Fsp3) is 0.455. The lowest BCUT2D eigenvalue weighted by Crippen LogP contribution is -2.23. The van der Waals surface area contributed by atoms with Gasteiger partial charge in [0.25, 0.3) is 0 Å². The Balaban J connectivity index is 3.05. The molecule has 0 saturated heterocycles. The molecule has 0 unspecified atom stereocenters. The average Bonchev–Trinajstić information content (AvgIpc) is 2.20. The Morgan fingerprint density at radius 3 is 2.62 bits per heavy atom. The van der Waals surface area contributed by atoms with Crippen LogP contribution < -0.4 is 10.5 Å². The molecular formula is C11H18N2O2S. The van der Waals surface area contributed by atoms with Crippen LogP contribution in [0.1, 0.15) is 18.1 Å². The molecule has 0 spiro atoms. The van der Waals surface area contributed by atoms with Crippen LogP contribution in [-0.2, 0) is 16.4 Å². The zero-order valence-corrected chi connectivity index (χ0v) is 10.5. The molecule has 0 aliphatic carbocycles. The van der Waals surface area contributed by atoms with Crippen molar-refractivity contribution < 1.29 is 8.42 Å². The second kappa shape index (κ2) is 5.32. The minimum absolute atomic E-state index is 0.0511. The third-order valence-corrected chi connectivity index (χ3v) is 3.67. The number of nitrogens with two attached hydrogens (primary N) is 1.